The Morgan fingerprint density at radius 1 is 0.408 bits per heavy atom. The minimum Gasteiger partial charge on any atom is -0.464 e. The molecule has 0 rings (SSSR count). The molecule has 1 amide bonds. The number of unbranched alkanes of at least 4 members (excludes halogenated alkanes) is 19. The average Bonchev–Trinajstić information content (AvgIpc) is 3.10. The lowest BCUT2D eigenvalue weighted by Gasteiger charge is -2.24. The molecule has 0 saturated carbocycles. The molecule has 0 N–H and O–H groups in total. The minimum atomic E-state index is -0.104. The largest absolute Gasteiger partial charge is 0.464 e. The number of hydrogen-bond acceptors (Lipinski definition) is 5. The molecule has 6 nitrogen and oxygen atoms in total. The van der Waals surface area contributed by atoms with Crippen LogP contribution in [0.2, 0.25) is 0 Å². The summed E-state index contributed by atoms with van der Waals surface area (Å²) < 4.78 is 11.7. The van der Waals surface area contributed by atoms with Gasteiger partial charge >= 0.3 is 11.9 Å². The summed E-state index contributed by atoms with van der Waals surface area (Å²) in [6, 6.07) is 0. The van der Waals surface area contributed by atoms with E-state index >= 15 is 0 Å². The summed E-state index contributed by atoms with van der Waals surface area (Å²) in [6.45, 7) is 12.2. The monoisotopic (exact) mass is 694 g/mol. The zero-order valence-electron chi connectivity index (χ0n) is 33.5. The third kappa shape index (κ3) is 28.8. The second kappa shape index (κ2) is 36.2. The molecule has 49 heavy (non-hydrogen) atoms. The van der Waals surface area contributed by atoms with Gasteiger partial charge in [-0.2, -0.15) is 0 Å². The highest BCUT2D eigenvalue weighted by Gasteiger charge is 2.22. The maximum absolute atomic E-state index is 13.3. The molecule has 0 saturated heterocycles. The number of rotatable bonds is 37. The number of esters is 2. The highest BCUT2D eigenvalue weighted by molar-refractivity contribution is 5.76. The Morgan fingerprint density at radius 3 is 1.04 bits per heavy atom. The second-order valence-corrected chi connectivity index (χ2v) is 14.7. The summed E-state index contributed by atoms with van der Waals surface area (Å²) in [5.74, 6) is -0.249. The summed E-state index contributed by atoms with van der Waals surface area (Å²) in [7, 11) is 0. The maximum atomic E-state index is 13.3. The van der Waals surface area contributed by atoms with Crippen molar-refractivity contribution < 1.29 is 23.9 Å². The quantitative estimate of drug-likeness (QED) is 0.0478. The molecular weight excluding hydrogens is 610 g/mol. The molecule has 0 aliphatic heterocycles. The molecule has 0 aliphatic carbocycles. The smallest absolute Gasteiger partial charge is 0.308 e. The van der Waals surface area contributed by atoms with Gasteiger partial charge in [-0.05, 0) is 32.1 Å². The van der Waals surface area contributed by atoms with E-state index in [2.05, 4.69) is 34.6 Å². The topological polar surface area (TPSA) is 72.9 Å². The van der Waals surface area contributed by atoms with Crippen LogP contribution in [0.4, 0.5) is 0 Å². The molecule has 2 unspecified atom stereocenters. The van der Waals surface area contributed by atoms with Gasteiger partial charge in [0.05, 0.1) is 24.9 Å². The van der Waals surface area contributed by atoms with E-state index in [1.165, 1.54) is 89.9 Å². The summed E-state index contributed by atoms with van der Waals surface area (Å²) in [6.07, 6.45) is 32.0. The number of carbonyl (C=O) groups is 3. The molecule has 0 heterocycles. The van der Waals surface area contributed by atoms with Gasteiger partial charge in [0.15, 0.2) is 0 Å². The fourth-order valence-electron chi connectivity index (χ4n) is 6.71. The molecule has 0 aromatic heterocycles. The molecule has 0 radical (unpaired) electrons. The van der Waals surface area contributed by atoms with Gasteiger partial charge in [0.2, 0.25) is 5.91 Å². The van der Waals surface area contributed by atoms with Crippen LogP contribution in [0.3, 0.4) is 0 Å². The van der Waals surface area contributed by atoms with Gasteiger partial charge in [-0.15, -0.1) is 0 Å². The highest BCUT2D eigenvalue weighted by atomic mass is 16.5. The Labute approximate surface area is 305 Å². The molecule has 0 aliphatic rings. The molecule has 2 atom stereocenters. The van der Waals surface area contributed by atoms with Gasteiger partial charge in [0, 0.05) is 6.42 Å². The Hall–Kier alpha value is -1.59. The van der Waals surface area contributed by atoms with Crippen molar-refractivity contribution in [2.75, 3.05) is 26.3 Å². The van der Waals surface area contributed by atoms with Gasteiger partial charge in [0.1, 0.15) is 13.2 Å². The summed E-state index contributed by atoms with van der Waals surface area (Å²) in [4.78, 5) is 41.5. The van der Waals surface area contributed by atoms with Crippen LogP contribution in [0.5, 0.6) is 0 Å². The lowest BCUT2D eigenvalue weighted by molar-refractivity contribution is -0.152. The highest BCUT2D eigenvalue weighted by Crippen LogP contribution is 2.22. The van der Waals surface area contributed by atoms with Crippen molar-refractivity contribution in [2.24, 2.45) is 11.8 Å². The van der Waals surface area contributed by atoms with E-state index < -0.39 is 0 Å². The molecule has 0 spiro atoms. The second-order valence-electron chi connectivity index (χ2n) is 14.7. The summed E-state index contributed by atoms with van der Waals surface area (Å²) in [5, 5.41) is 0. The first-order valence-electron chi connectivity index (χ1n) is 21.6. The standard InChI is InChI=1S/C43H83NO5/c1-6-11-16-21-23-27-32-39(30-25-18-13-8-3)42(46)48-37-35-44(41(45)34-29-20-15-10-5)36-38-49-43(47)40(31-26-19-14-9-4)33-28-24-22-17-12-7-2/h39-40H,6-38H2,1-5H3. The molecule has 0 fully saturated rings. The van der Waals surface area contributed by atoms with Gasteiger partial charge in [-0.25, -0.2) is 0 Å². The summed E-state index contributed by atoms with van der Waals surface area (Å²) in [5.41, 5.74) is 0. The van der Waals surface area contributed by atoms with E-state index in [9.17, 15) is 14.4 Å². The Morgan fingerprint density at radius 2 is 0.694 bits per heavy atom. The number of nitrogens with zero attached hydrogens (tertiary/aromatic N) is 1. The van der Waals surface area contributed by atoms with Crippen LogP contribution in [-0.2, 0) is 23.9 Å². The average molecular weight is 694 g/mol. The van der Waals surface area contributed by atoms with Crippen LogP contribution < -0.4 is 0 Å². The van der Waals surface area contributed by atoms with Crippen molar-refractivity contribution in [3.05, 3.63) is 0 Å². The number of carbonyl (C=O) groups excluding carboxylic acids is 3. The SMILES string of the molecule is CCCCCCCCC(CCCCCC)C(=O)OCCN(CCOC(=O)C(CCCCCC)CCCCCCCC)C(=O)CCCCCC. The van der Waals surface area contributed by atoms with Crippen LogP contribution in [0.25, 0.3) is 0 Å². The predicted octanol–water partition coefficient (Wildman–Crippen LogP) is 12.5. The predicted molar refractivity (Wildman–Crippen MR) is 208 cm³/mol. The van der Waals surface area contributed by atoms with Crippen LogP contribution in [0.1, 0.15) is 221 Å². The first-order chi connectivity index (χ1) is 23.9. The maximum Gasteiger partial charge on any atom is 0.308 e. The van der Waals surface area contributed by atoms with Gasteiger partial charge in [0.25, 0.3) is 0 Å². The van der Waals surface area contributed by atoms with Crippen molar-refractivity contribution in [2.45, 2.75) is 221 Å². The Bertz CT molecular complexity index is 707. The van der Waals surface area contributed by atoms with E-state index in [1.54, 1.807) is 4.90 Å². The fourth-order valence-corrected chi connectivity index (χ4v) is 6.71. The van der Waals surface area contributed by atoms with Gasteiger partial charge in [-0.1, -0.05) is 182 Å². The van der Waals surface area contributed by atoms with Crippen molar-refractivity contribution in [3.8, 4) is 0 Å². The van der Waals surface area contributed by atoms with Gasteiger partial charge < -0.3 is 14.4 Å². The Kier molecular flexibility index (Phi) is 35.0. The van der Waals surface area contributed by atoms with Crippen molar-refractivity contribution in [3.63, 3.8) is 0 Å². The number of hydrogen-bond donors (Lipinski definition) is 0. The third-order valence-corrected chi connectivity index (χ3v) is 10.1. The summed E-state index contributed by atoms with van der Waals surface area (Å²) >= 11 is 0. The van der Waals surface area contributed by atoms with Gasteiger partial charge in [-0.3, -0.25) is 14.4 Å². The van der Waals surface area contributed by atoms with Crippen molar-refractivity contribution >= 4 is 17.8 Å². The van der Waals surface area contributed by atoms with Crippen LogP contribution >= 0.6 is 0 Å². The normalized spacial score (nSPS) is 12.5. The van der Waals surface area contributed by atoms with E-state index in [4.69, 9.17) is 9.47 Å². The molecule has 0 aromatic rings. The number of ether oxygens (including phenoxy) is 2. The van der Waals surface area contributed by atoms with Crippen LogP contribution in [-0.4, -0.2) is 49.0 Å². The molecule has 290 valence electrons. The van der Waals surface area contributed by atoms with E-state index in [-0.39, 0.29) is 42.9 Å². The van der Waals surface area contributed by atoms with Crippen LogP contribution in [0, 0.1) is 11.8 Å². The fraction of sp³-hybridized carbons (Fsp3) is 0.930. The zero-order chi connectivity index (χ0) is 36.2. The Balaban J connectivity index is 5.14. The molecule has 0 bridgehead atoms. The third-order valence-electron chi connectivity index (χ3n) is 10.1. The first kappa shape index (κ1) is 47.4. The lowest BCUT2D eigenvalue weighted by atomic mass is 9.94. The minimum absolute atomic E-state index is 0.0527. The van der Waals surface area contributed by atoms with E-state index in [0.717, 1.165) is 89.9 Å². The van der Waals surface area contributed by atoms with E-state index in [1.807, 2.05) is 0 Å². The number of amides is 1. The van der Waals surface area contributed by atoms with E-state index in [0.29, 0.717) is 19.5 Å². The van der Waals surface area contributed by atoms with Crippen LogP contribution in [0.15, 0.2) is 0 Å². The van der Waals surface area contributed by atoms with Crippen molar-refractivity contribution in [1.29, 1.82) is 0 Å². The lowest BCUT2D eigenvalue weighted by Crippen LogP contribution is -2.38. The molecule has 0 aromatic carbocycles. The zero-order valence-corrected chi connectivity index (χ0v) is 33.5. The molecule has 6 heteroatoms. The molecular formula is C43H83NO5. The van der Waals surface area contributed by atoms with Crippen molar-refractivity contribution in [1.82, 2.24) is 4.90 Å². The first-order valence-corrected chi connectivity index (χ1v) is 21.6.